The van der Waals surface area contributed by atoms with Crippen LogP contribution in [0.3, 0.4) is 0 Å². The SMILES string of the molecule is NC(=O)OCCCCCC(=O)NCCCl. The lowest BCUT2D eigenvalue weighted by Crippen LogP contribution is -2.24. The van der Waals surface area contributed by atoms with Gasteiger partial charge in [0, 0.05) is 18.8 Å². The molecule has 2 amide bonds. The zero-order valence-corrected chi connectivity index (χ0v) is 9.39. The van der Waals surface area contributed by atoms with Crippen molar-refractivity contribution in [3.05, 3.63) is 0 Å². The molecule has 15 heavy (non-hydrogen) atoms. The molecule has 0 aliphatic rings. The van der Waals surface area contributed by atoms with Crippen LogP contribution < -0.4 is 11.1 Å². The van der Waals surface area contributed by atoms with Crippen molar-refractivity contribution < 1.29 is 14.3 Å². The molecule has 0 aliphatic carbocycles. The van der Waals surface area contributed by atoms with Crippen LogP contribution in [0.5, 0.6) is 0 Å². The smallest absolute Gasteiger partial charge is 0.404 e. The van der Waals surface area contributed by atoms with E-state index < -0.39 is 6.09 Å². The Bertz CT molecular complexity index is 200. The van der Waals surface area contributed by atoms with Gasteiger partial charge in [-0.15, -0.1) is 11.6 Å². The number of nitrogens with one attached hydrogen (secondary N) is 1. The molecule has 0 aliphatic heterocycles. The lowest BCUT2D eigenvalue weighted by Gasteiger charge is -2.03. The molecule has 0 saturated heterocycles. The van der Waals surface area contributed by atoms with Crippen molar-refractivity contribution in [1.29, 1.82) is 0 Å². The van der Waals surface area contributed by atoms with E-state index in [-0.39, 0.29) is 5.91 Å². The molecule has 0 atom stereocenters. The van der Waals surface area contributed by atoms with Gasteiger partial charge in [-0.1, -0.05) is 0 Å². The molecule has 0 aromatic carbocycles. The molecular formula is C9H17ClN2O3. The predicted molar refractivity (Wildman–Crippen MR) is 57.7 cm³/mol. The van der Waals surface area contributed by atoms with Gasteiger partial charge >= 0.3 is 6.09 Å². The second-order valence-electron chi connectivity index (χ2n) is 3.02. The highest BCUT2D eigenvalue weighted by Gasteiger charge is 2.00. The fraction of sp³-hybridized carbons (Fsp3) is 0.778. The summed E-state index contributed by atoms with van der Waals surface area (Å²) in [5, 5.41) is 2.67. The van der Waals surface area contributed by atoms with Crippen molar-refractivity contribution >= 4 is 23.6 Å². The van der Waals surface area contributed by atoms with Gasteiger partial charge in [-0.25, -0.2) is 4.79 Å². The average molecular weight is 237 g/mol. The van der Waals surface area contributed by atoms with E-state index in [2.05, 4.69) is 10.1 Å². The van der Waals surface area contributed by atoms with Gasteiger partial charge in [0.1, 0.15) is 0 Å². The summed E-state index contributed by atoms with van der Waals surface area (Å²) < 4.78 is 4.53. The maximum atomic E-state index is 11.1. The van der Waals surface area contributed by atoms with Gasteiger partial charge < -0.3 is 15.8 Å². The Kier molecular flexibility index (Phi) is 8.96. The molecule has 0 spiro atoms. The number of alkyl halides is 1. The molecule has 0 rings (SSSR count). The maximum Gasteiger partial charge on any atom is 0.404 e. The molecule has 3 N–H and O–H groups in total. The van der Waals surface area contributed by atoms with E-state index in [9.17, 15) is 9.59 Å². The van der Waals surface area contributed by atoms with Crippen LogP contribution in [0.15, 0.2) is 0 Å². The fourth-order valence-electron chi connectivity index (χ4n) is 1.01. The Morgan fingerprint density at radius 1 is 1.27 bits per heavy atom. The average Bonchev–Trinajstić information content (AvgIpc) is 2.19. The highest BCUT2D eigenvalue weighted by atomic mass is 35.5. The number of hydrogen-bond acceptors (Lipinski definition) is 3. The van der Waals surface area contributed by atoms with Gasteiger partial charge in [0.2, 0.25) is 5.91 Å². The predicted octanol–water partition coefficient (Wildman–Crippen LogP) is 0.997. The quantitative estimate of drug-likeness (QED) is 0.487. The first-order valence-corrected chi connectivity index (χ1v) is 5.45. The second-order valence-corrected chi connectivity index (χ2v) is 3.40. The van der Waals surface area contributed by atoms with E-state index in [1.165, 1.54) is 0 Å². The zero-order valence-electron chi connectivity index (χ0n) is 8.63. The first-order chi connectivity index (χ1) is 7.16. The first kappa shape index (κ1) is 14.0. The van der Waals surface area contributed by atoms with Gasteiger partial charge in [-0.3, -0.25) is 4.79 Å². The summed E-state index contributed by atoms with van der Waals surface area (Å²) in [5.41, 5.74) is 4.77. The van der Waals surface area contributed by atoms with Gasteiger partial charge in [0.15, 0.2) is 0 Å². The molecule has 0 heterocycles. The molecule has 5 nitrogen and oxygen atoms in total. The highest BCUT2D eigenvalue weighted by molar-refractivity contribution is 6.18. The molecule has 88 valence electrons. The number of rotatable bonds is 8. The molecule has 0 unspecified atom stereocenters. The third-order valence-electron chi connectivity index (χ3n) is 1.71. The lowest BCUT2D eigenvalue weighted by atomic mass is 10.2. The first-order valence-electron chi connectivity index (χ1n) is 4.91. The summed E-state index contributed by atoms with van der Waals surface area (Å²) in [5.74, 6) is 0.435. The monoisotopic (exact) mass is 236 g/mol. The Hall–Kier alpha value is -0.970. The normalized spacial score (nSPS) is 9.67. The third-order valence-corrected chi connectivity index (χ3v) is 1.90. The van der Waals surface area contributed by atoms with Crippen molar-refractivity contribution in [1.82, 2.24) is 5.32 Å². The van der Waals surface area contributed by atoms with E-state index in [0.717, 1.165) is 19.3 Å². The van der Waals surface area contributed by atoms with Crippen LogP contribution in [0.1, 0.15) is 25.7 Å². The number of unbranched alkanes of at least 4 members (excludes halogenated alkanes) is 2. The number of carbonyl (C=O) groups is 2. The van der Waals surface area contributed by atoms with Crippen LogP contribution >= 0.6 is 11.6 Å². The van der Waals surface area contributed by atoms with E-state index >= 15 is 0 Å². The summed E-state index contributed by atoms with van der Waals surface area (Å²) in [4.78, 5) is 21.2. The van der Waals surface area contributed by atoms with E-state index in [1.54, 1.807) is 0 Å². The largest absolute Gasteiger partial charge is 0.450 e. The van der Waals surface area contributed by atoms with Crippen molar-refractivity contribution in [2.45, 2.75) is 25.7 Å². The number of halogens is 1. The second kappa shape index (κ2) is 9.58. The van der Waals surface area contributed by atoms with Crippen LogP contribution in [0.2, 0.25) is 0 Å². The number of carbonyl (C=O) groups excluding carboxylic acids is 2. The highest BCUT2D eigenvalue weighted by Crippen LogP contribution is 1.99. The van der Waals surface area contributed by atoms with E-state index in [4.69, 9.17) is 17.3 Å². The van der Waals surface area contributed by atoms with Crippen molar-refractivity contribution in [2.75, 3.05) is 19.0 Å². The van der Waals surface area contributed by atoms with Crippen molar-refractivity contribution in [3.8, 4) is 0 Å². The minimum Gasteiger partial charge on any atom is -0.450 e. The summed E-state index contributed by atoms with van der Waals surface area (Å²) in [7, 11) is 0. The minimum absolute atomic E-state index is 0.00599. The number of amides is 2. The Morgan fingerprint density at radius 2 is 2.00 bits per heavy atom. The van der Waals surface area contributed by atoms with Gasteiger partial charge in [0.05, 0.1) is 6.61 Å². The van der Waals surface area contributed by atoms with Gasteiger partial charge in [-0.05, 0) is 19.3 Å². The van der Waals surface area contributed by atoms with Crippen LogP contribution in [0.25, 0.3) is 0 Å². The fourth-order valence-corrected chi connectivity index (χ4v) is 1.11. The van der Waals surface area contributed by atoms with Gasteiger partial charge in [0.25, 0.3) is 0 Å². The third kappa shape index (κ3) is 11.0. The Balaban J connectivity index is 3.16. The molecule has 6 heteroatoms. The zero-order chi connectivity index (χ0) is 11.5. The Labute approximate surface area is 94.3 Å². The maximum absolute atomic E-state index is 11.1. The molecule has 0 bridgehead atoms. The summed E-state index contributed by atoms with van der Waals surface area (Å²) in [6, 6.07) is 0. The number of nitrogens with two attached hydrogens (primary N) is 1. The van der Waals surface area contributed by atoms with Crippen LogP contribution in [0, 0.1) is 0 Å². The lowest BCUT2D eigenvalue weighted by molar-refractivity contribution is -0.121. The summed E-state index contributed by atoms with van der Waals surface area (Å²) in [6.07, 6.45) is 2.06. The number of ether oxygens (including phenoxy) is 1. The summed E-state index contributed by atoms with van der Waals surface area (Å²) >= 11 is 5.40. The van der Waals surface area contributed by atoms with Crippen LogP contribution in [0.4, 0.5) is 4.79 Å². The molecule has 0 aromatic heterocycles. The molecule has 0 fully saturated rings. The van der Waals surface area contributed by atoms with Crippen molar-refractivity contribution in [3.63, 3.8) is 0 Å². The van der Waals surface area contributed by atoms with E-state index in [0.29, 0.717) is 25.5 Å². The number of primary amides is 1. The molecule has 0 aromatic rings. The molecule has 0 radical (unpaired) electrons. The van der Waals surface area contributed by atoms with E-state index in [1.807, 2.05) is 0 Å². The number of hydrogen-bond donors (Lipinski definition) is 2. The standard InChI is InChI=1S/C9H17ClN2O3/c10-5-6-12-8(13)4-2-1-3-7-15-9(11)14/h1-7H2,(H2,11,14)(H,12,13). The van der Waals surface area contributed by atoms with Crippen molar-refractivity contribution in [2.24, 2.45) is 5.73 Å². The molecular weight excluding hydrogens is 220 g/mol. The summed E-state index contributed by atoms with van der Waals surface area (Å²) in [6.45, 7) is 0.823. The minimum atomic E-state index is -0.755. The topological polar surface area (TPSA) is 81.4 Å². The van der Waals surface area contributed by atoms with Crippen LogP contribution in [-0.4, -0.2) is 31.0 Å². The molecule has 0 saturated carbocycles. The van der Waals surface area contributed by atoms with Crippen LogP contribution in [-0.2, 0) is 9.53 Å². The van der Waals surface area contributed by atoms with Gasteiger partial charge in [-0.2, -0.15) is 0 Å². The Morgan fingerprint density at radius 3 is 2.60 bits per heavy atom.